The number of fused-ring (bicyclic) bond motifs is 1. The van der Waals surface area contributed by atoms with Crippen LogP contribution in [0.3, 0.4) is 0 Å². The highest BCUT2D eigenvalue weighted by molar-refractivity contribution is 9.10. The van der Waals surface area contributed by atoms with Crippen LogP contribution in [0.15, 0.2) is 76.3 Å². The molecule has 0 aromatic heterocycles. The van der Waals surface area contributed by atoms with E-state index in [0.717, 1.165) is 20.8 Å². The molecule has 0 aliphatic carbocycles. The highest BCUT2D eigenvalue weighted by Crippen LogP contribution is 2.21. The Morgan fingerprint density at radius 2 is 1.80 bits per heavy atom. The van der Waals surface area contributed by atoms with Crippen molar-refractivity contribution in [3.63, 3.8) is 0 Å². The van der Waals surface area contributed by atoms with Crippen LogP contribution in [0.2, 0.25) is 0 Å². The van der Waals surface area contributed by atoms with Gasteiger partial charge in [-0.1, -0.05) is 64.5 Å². The maximum Gasteiger partial charge on any atom is 0.280 e. The van der Waals surface area contributed by atoms with E-state index in [9.17, 15) is 4.79 Å². The molecular formula is C20H17BrN2O2. The molecule has 0 aliphatic heterocycles. The Balaban J connectivity index is 1.61. The molecule has 4 nitrogen and oxygen atoms in total. The van der Waals surface area contributed by atoms with Gasteiger partial charge in [0.05, 0.1) is 6.21 Å². The summed E-state index contributed by atoms with van der Waals surface area (Å²) < 4.78 is 6.63. The lowest BCUT2D eigenvalue weighted by atomic mass is 10.1. The Morgan fingerprint density at radius 3 is 2.60 bits per heavy atom. The van der Waals surface area contributed by atoms with Crippen molar-refractivity contribution >= 4 is 38.8 Å². The lowest BCUT2D eigenvalue weighted by Gasteiger charge is -2.13. The van der Waals surface area contributed by atoms with Gasteiger partial charge in [-0.15, -0.1) is 0 Å². The summed E-state index contributed by atoms with van der Waals surface area (Å²) >= 11 is 3.43. The zero-order valence-electron chi connectivity index (χ0n) is 13.6. The molecule has 0 unspecified atom stereocenters. The Labute approximate surface area is 154 Å². The van der Waals surface area contributed by atoms with Crippen molar-refractivity contribution in [3.05, 3.63) is 76.8 Å². The third-order valence-electron chi connectivity index (χ3n) is 3.69. The number of nitrogens with one attached hydrogen (secondary N) is 1. The van der Waals surface area contributed by atoms with Crippen molar-refractivity contribution in [3.8, 4) is 5.75 Å². The van der Waals surface area contributed by atoms with E-state index in [1.807, 2.05) is 66.7 Å². The fourth-order valence-electron chi connectivity index (χ4n) is 2.33. The molecule has 0 saturated heterocycles. The number of hydrogen-bond donors (Lipinski definition) is 1. The van der Waals surface area contributed by atoms with Crippen LogP contribution in [0.5, 0.6) is 5.75 Å². The van der Waals surface area contributed by atoms with E-state index >= 15 is 0 Å². The van der Waals surface area contributed by atoms with Gasteiger partial charge < -0.3 is 4.74 Å². The minimum atomic E-state index is -0.655. The molecule has 0 heterocycles. The molecule has 3 aromatic rings. The lowest BCUT2D eigenvalue weighted by molar-refractivity contribution is -0.127. The quantitative estimate of drug-likeness (QED) is 0.509. The first-order valence-electron chi connectivity index (χ1n) is 7.86. The van der Waals surface area contributed by atoms with Gasteiger partial charge in [0.15, 0.2) is 6.10 Å². The van der Waals surface area contributed by atoms with Crippen molar-refractivity contribution in [2.75, 3.05) is 0 Å². The van der Waals surface area contributed by atoms with E-state index in [1.54, 1.807) is 13.1 Å². The summed E-state index contributed by atoms with van der Waals surface area (Å²) in [5.41, 5.74) is 3.38. The number of hydrogen-bond acceptors (Lipinski definition) is 3. The maximum atomic E-state index is 12.1. The lowest BCUT2D eigenvalue weighted by Crippen LogP contribution is -2.33. The Morgan fingerprint density at radius 1 is 1.08 bits per heavy atom. The van der Waals surface area contributed by atoms with Crippen molar-refractivity contribution in [2.45, 2.75) is 13.0 Å². The highest BCUT2D eigenvalue weighted by atomic mass is 79.9. The van der Waals surface area contributed by atoms with Crippen molar-refractivity contribution in [1.82, 2.24) is 5.43 Å². The molecule has 1 atom stereocenters. The fourth-order valence-corrected chi connectivity index (χ4v) is 2.72. The molecule has 5 heteroatoms. The smallest absolute Gasteiger partial charge is 0.280 e. The zero-order chi connectivity index (χ0) is 17.6. The summed E-state index contributed by atoms with van der Waals surface area (Å²) in [6.07, 6.45) is 0.933. The van der Waals surface area contributed by atoms with Crippen LogP contribution in [0, 0.1) is 0 Å². The number of benzene rings is 3. The summed E-state index contributed by atoms with van der Waals surface area (Å²) in [5.74, 6) is 0.340. The fraction of sp³-hybridized carbons (Fsp3) is 0.100. The molecule has 0 bridgehead atoms. The van der Waals surface area contributed by atoms with Gasteiger partial charge in [-0.2, -0.15) is 5.10 Å². The van der Waals surface area contributed by atoms with Gasteiger partial charge in [0.2, 0.25) is 0 Å². The number of amides is 1. The van der Waals surface area contributed by atoms with E-state index in [2.05, 4.69) is 26.5 Å². The molecule has 0 radical (unpaired) electrons. The molecule has 0 saturated carbocycles. The summed E-state index contributed by atoms with van der Waals surface area (Å²) in [7, 11) is 0. The average molecular weight is 397 g/mol. The minimum Gasteiger partial charge on any atom is -0.481 e. The van der Waals surface area contributed by atoms with Gasteiger partial charge in [0.25, 0.3) is 5.91 Å². The number of nitrogens with zero attached hydrogens (tertiary/aromatic N) is 1. The largest absolute Gasteiger partial charge is 0.481 e. The number of halogens is 1. The first-order chi connectivity index (χ1) is 12.1. The van der Waals surface area contributed by atoms with Crippen LogP contribution in [0.4, 0.5) is 0 Å². The summed E-state index contributed by atoms with van der Waals surface area (Å²) in [4.78, 5) is 12.1. The third kappa shape index (κ3) is 4.45. The highest BCUT2D eigenvalue weighted by Gasteiger charge is 2.14. The van der Waals surface area contributed by atoms with E-state index in [4.69, 9.17) is 4.74 Å². The van der Waals surface area contributed by atoms with Crippen LogP contribution in [0.25, 0.3) is 10.8 Å². The molecule has 1 amide bonds. The Hall–Kier alpha value is -2.66. The standard InChI is InChI=1S/C20H17BrN2O2/c1-14(20(24)23-22-13-17-8-4-5-9-19(17)21)25-18-11-10-15-6-2-3-7-16(15)12-18/h2-14H,1H3,(H,23,24)/b22-13-/t14-/m0/s1. The first kappa shape index (κ1) is 17.2. The summed E-state index contributed by atoms with van der Waals surface area (Å²) in [6.45, 7) is 1.69. The number of rotatable bonds is 5. The first-order valence-corrected chi connectivity index (χ1v) is 8.66. The SMILES string of the molecule is C[C@H](Oc1ccc2ccccc2c1)C(=O)N/N=C\c1ccccc1Br. The van der Waals surface area contributed by atoms with Gasteiger partial charge in [0, 0.05) is 10.0 Å². The molecule has 25 heavy (non-hydrogen) atoms. The van der Waals surface area contributed by atoms with Crippen LogP contribution in [-0.4, -0.2) is 18.2 Å². The Bertz CT molecular complexity index is 924. The van der Waals surface area contributed by atoms with Gasteiger partial charge in [-0.25, -0.2) is 5.43 Å². The van der Waals surface area contributed by atoms with Crippen LogP contribution < -0.4 is 10.2 Å². The normalized spacial score (nSPS) is 12.2. The molecule has 0 spiro atoms. The predicted octanol–water partition coefficient (Wildman–Crippen LogP) is 4.52. The van der Waals surface area contributed by atoms with Gasteiger partial charge >= 0.3 is 0 Å². The maximum absolute atomic E-state index is 12.1. The monoisotopic (exact) mass is 396 g/mol. The number of hydrazone groups is 1. The van der Waals surface area contributed by atoms with Crippen molar-refractivity contribution in [2.24, 2.45) is 5.10 Å². The molecule has 0 aliphatic rings. The number of ether oxygens (including phenoxy) is 1. The van der Waals surface area contributed by atoms with Gasteiger partial charge in [-0.3, -0.25) is 4.79 Å². The van der Waals surface area contributed by atoms with E-state index in [1.165, 1.54) is 0 Å². The second kappa shape index (κ2) is 7.94. The topological polar surface area (TPSA) is 50.7 Å². The van der Waals surface area contributed by atoms with E-state index in [-0.39, 0.29) is 5.91 Å². The molecule has 1 N–H and O–H groups in total. The molecule has 3 aromatic carbocycles. The average Bonchev–Trinajstić information content (AvgIpc) is 2.63. The minimum absolute atomic E-state index is 0.309. The number of carbonyl (C=O) groups excluding carboxylic acids is 1. The van der Waals surface area contributed by atoms with Gasteiger partial charge in [0.1, 0.15) is 5.75 Å². The van der Waals surface area contributed by atoms with Crippen LogP contribution in [-0.2, 0) is 4.79 Å². The number of carbonyl (C=O) groups is 1. The van der Waals surface area contributed by atoms with Crippen molar-refractivity contribution < 1.29 is 9.53 Å². The van der Waals surface area contributed by atoms with E-state index < -0.39 is 6.10 Å². The molecular weight excluding hydrogens is 380 g/mol. The summed E-state index contributed by atoms with van der Waals surface area (Å²) in [5, 5.41) is 6.18. The van der Waals surface area contributed by atoms with Crippen LogP contribution in [0.1, 0.15) is 12.5 Å². The molecule has 0 fully saturated rings. The second-order valence-electron chi connectivity index (χ2n) is 5.52. The summed E-state index contributed by atoms with van der Waals surface area (Å²) in [6, 6.07) is 21.4. The van der Waals surface area contributed by atoms with Crippen LogP contribution >= 0.6 is 15.9 Å². The molecule has 3 rings (SSSR count). The third-order valence-corrected chi connectivity index (χ3v) is 4.41. The van der Waals surface area contributed by atoms with E-state index in [0.29, 0.717) is 5.75 Å². The molecule has 126 valence electrons. The Kier molecular flexibility index (Phi) is 5.46. The predicted molar refractivity (Wildman–Crippen MR) is 104 cm³/mol. The second-order valence-corrected chi connectivity index (χ2v) is 6.38. The van der Waals surface area contributed by atoms with Crippen molar-refractivity contribution in [1.29, 1.82) is 0 Å². The van der Waals surface area contributed by atoms with Gasteiger partial charge in [-0.05, 0) is 35.9 Å². The zero-order valence-corrected chi connectivity index (χ0v) is 15.2.